The average Bonchev–Trinajstić information content (AvgIpc) is 2.55. The first kappa shape index (κ1) is 20.1. The third-order valence-electron chi connectivity index (χ3n) is 3.34. The summed E-state index contributed by atoms with van der Waals surface area (Å²) < 4.78 is 11.0. The second kappa shape index (κ2) is 10.8. The quantitative estimate of drug-likeness (QED) is 0.593. The van der Waals surface area contributed by atoms with Gasteiger partial charge in [-0.1, -0.05) is 31.4 Å². The number of halogens is 1. The van der Waals surface area contributed by atoms with Crippen molar-refractivity contribution in [3.8, 4) is 11.5 Å². The van der Waals surface area contributed by atoms with Crippen LogP contribution in [0.1, 0.15) is 44.6 Å². The molecule has 0 unspecified atom stereocenters. The minimum atomic E-state index is -1.00. The second-order valence-electron chi connectivity index (χ2n) is 5.34. The van der Waals surface area contributed by atoms with Gasteiger partial charge in [0.05, 0.1) is 25.2 Å². The van der Waals surface area contributed by atoms with Crippen LogP contribution in [0, 0.1) is 0 Å². The van der Waals surface area contributed by atoms with Crippen molar-refractivity contribution >= 4 is 23.5 Å². The van der Waals surface area contributed by atoms with Crippen molar-refractivity contribution < 1.29 is 24.2 Å². The molecular formula is C17H24ClNO5. The molecule has 0 aliphatic rings. The number of benzene rings is 1. The molecule has 0 heterocycles. The van der Waals surface area contributed by atoms with Gasteiger partial charge in [-0.2, -0.15) is 0 Å². The highest BCUT2D eigenvalue weighted by atomic mass is 35.5. The van der Waals surface area contributed by atoms with Crippen molar-refractivity contribution in [3.05, 3.63) is 22.7 Å². The Morgan fingerprint density at radius 3 is 2.62 bits per heavy atom. The van der Waals surface area contributed by atoms with Crippen LogP contribution < -0.4 is 14.8 Å². The van der Waals surface area contributed by atoms with Crippen LogP contribution in [0.25, 0.3) is 0 Å². The summed E-state index contributed by atoms with van der Waals surface area (Å²) >= 11 is 6.25. The summed E-state index contributed by atoms with van der Waals surface area (Å²) in [4.78, 5) is 22.0. The Balaban J connectivity index is 2.65. The number of carboxylic acid groups (broad SMARTS) is 1. The van der Waals surface area contributed by atoms with Crippen LogP contribution in [0.4, 0.5) is 0 Å². The largest absolute Gasteiger partial charge is 0.493 e. The minimum Gasteiger partial charge on any atom is -0.493 e. The third kappa shape index (κ3) is 7.08. The van der Waals surface area contributed by atoms with Gasteiger partial charge >= 0.3 is 5.97 Å². The van der Waals surface area contributed by atoms with Gasteiger partial charge in [-0.05, 0) is 24.1 Å². The first-order valence-corrected chi connectivity index (χ1v) is 8.33. The summed E-state index contributed by atoms with van der Waals surface area (Å²) in [6.45, 7) is 2.92. The van der Waals surface area contributed by atoms with E-state index in [2.05, 4.69) is 12.2 Å². The van der Waals surface area contributed by atoms with E-state index in [1.807, 2.05) is 0 Å². The number of carboxylic acids is 1. The highest BCUT2D eigenvalue weighted by molar-refractivity contribution is 6.32. The number of amides is 1. The molecule has 0 aromatic heterocycles. The minimum absolute atomic E-state index is 0.0567. The fourth-order valence-corrected chi connectivity index (χ4v) is 2.34. The summed E-state index contributed by atoms with van der Waals surface area (Å²) in [6.07, 6.45) is 2.88. The van der Waals surface area contributed by atoms with Crippen LogP contribution >= 0.6 is 11.6 Å². The SMILES string of the molecule is CCCCCOc1c(Cl)cc(CNC(=O)CCC(=O)O)cc1OC. The molecule has 2 N–H and O–H groups in total. The third-order valence-corrected chi connectivity index (χ3v) is 3.62. The van der Waals surface area contributed by atoms with Gasteiger partial charge in [0.25, 0.3) is 0 Å². The molecule has 0 aliphatic heterocycles. The Hall–Kier alpha value is -1.95. The lowest BCUT2D eigenvalue weighted by Crippen LogP contribution is -2.23. The molecule has 1 aromatic rings. The van der Waals surface area contributed by atoms with Gasteiger partial charge in [0.1, 0.15) is 0 Å². The number of unbranched alkanes of at least 4 members (excludes halogenated alkanes) is 2. The van der Waals surface area contributed by atoms with E-state index in [1.165, 1.54) is 7.11 Å². The summed E-state index contributed by atoms with van der Waals surface area (Å²) in [5.41, 5.74) is 0.751. The van der Waals surface area contributed by atoms with Gasteiger partial charge in [-0.3, -0.25) is 9.59 Å². The van der Waals surface area contributed by atoms with Crippen LogP contribution in [0.2, 0.25) is 5.02 Å². The molecule has 1 aromatic carbocycles. The molecule has 1 rings (SSSR count). The highest BCUT2D eigenvalue weighted by Crippen LogP contribution is 2.36. The Morgan fingerprint density at radius 2 is 2.00 bits per heavy atom. The Bertz CT molecular complexity index is 562. The molecule has 0 bridgehead atoms. The molecule has 0 aliphatic carbocycles. The molecule has 0 spiro atoms. The normalized spacial score (nSPS) is 10.3. The van der Waals surface area contributed by atoms with Crippen molar-refractivity contribution in [1.82, 2.24) is 5.32 Å². The number of hydrogen-bond acceptors (Lipinski definition) is 4. The number of carbonyl (C=O) groups is 2. The predicted molar refractivity (Wildman–Crippen MR) is 91.7 cm³/mol. The van der Waals surface area contributed by atoms with Crippen molar-refractivity contribution in [2.24, 2.45) is 0 Å². The Labute approximate surface area is 147 Å². The van der Waals surface area contributed by atoms with Gasteiger partial charge in [-0.15, -0.1) is 0 Å². The van der Waals surface area contributed by atoms with Crippen LogP contribution in [-0.4, -0.2) is 30.7 Å². The second-order valence-corrected chi connectivity index (χ2v) is 5.74. The molecule has 7 heteroatoms. The number of methoxy groups -OCH3 is 1. The number of carbonyl (C=O) groups excluding carboxylic acids is 1. The van der Waals surface area contributed by atoms with E-state index < -0.39 is 5.97 Å². The lowest BCUT2D eigenvalue weighted by Gasteiger charge is -2.14. The summed E-state index contributed by atoms with van der Waals surface area (Å²) in [7, 11) is 1.53. The molecule has 0 radical (unpaired) electrons. The Morgan fingerprint density at radius 1 is 1.25 bits per heavy atom. The van der Waals surface area contributed by atoms with E-state index >= 15 is 0 Å². The smallest absolute Gasteiger partial charge is 0.303 e. The van der Waals surface area contributed by atoms with Crippen molar-refractivity contribution in [2.75, 3.05) is 13.7 Å². The molecule has 0 saturated carbocycles. The maximum absolute atomic E-state index is 11.6. The number of ether oxygens (including phenoxy) is 2. The predicted octanol–water partition coefficient (Wildman–Crippen LogP) is 3.40. The van der Waals surface area contributed by atoms with Gasteiger partial charge in [0.2, 0.25) is 5.91 Å². The first-order chi connectivity index (χ1) is 11.5. The van der Waals surface area contributed by atoms with E-state index in [4.69, 9.17) is 26.2 Å². The molecule has 24 heavy (non-hydrogen) atoms. The average molecular weight is 358 g/mol. The maximum Gasteiger partial charge on any atom is 0.303 e. The molecule has 0 atom stereocenters. The van der Waals surface area contributed by atoms with Crippen LogP contribution in [0.5, 0.6) is 11.5 Å². The fraction of sp³-hybridized carbons (Fsp3) is 0.529. The van der Waals surface area contributed by atoms with Crippen LogP contribution in [-0.2, 0) is 16.1 Å². The Kier molecular flexibility index (Phi) is 9.01. The molecule has 1 amide bonds. The number of aliphatic carboxylic acids is 1. The standard InChI is InChI=1S/C17H24ClNO5/c1-3-4-5-8-24-17-13(18)9-12(10-14(17)23-2)11-19-15(20)6-7-16(21)22/h9-10H,3-8,11H2,1-2H3,(H,19,20)(H,21,22). The van der Waals surface area contributed by atoms with Gasteiger partial charge < -0.3 is 19.9 Å². The van der Waals surface area contributed by atoms with Gasteiger partial charge in [0.15, 0.2) is 11.5 Å². The summed E-state index contributed by atoms with van der Waals surface area (Å²) in [5.74, 6) is -0.322. The van der Waals surface area contributed by atoms with Crippen LogP contribution in [0.3, 0.4) is 0 Å². The lowest BCUT2D eigenvalue weighted by atomic mass is 10.2. The van der Waals surface area contributed by atoms with E-state index in [-0.39, 0.29) is 25.3 Å². The molecule has 0 saturated heterocycles. The number of nitrogens with one attached hydrogen (secondary N) is 1. The molecule has 134 valence electrons. The molecular weight excluding hydrogens is 334 g/mol. The monoisotopic (exact) mass is 357 g/mol. The maximum atomic E-state index is 11.6. The van der Waals surface area contributed by atoms with Crippen LogP contribution in [0.15, 0.2) is 12.1 Å². The number of rotatable bonds is 11. The topological polar surface area (TPSA) is 84.9 Å². The van der Waals surface area contributed by atoms with E-state index in [9.17, 15) is 9.59 Å². The van der Waals surface area contributed by atoms with E-state index in [0.717, 1.165) is 24.8 Å². The molecule has 0 fully saturated rings. The fourth-order valence-electron chi connectivity index (χ4n) is 2.05. The van der Waals surface area contributed by atoms with E-state index in [0.29, 0.717) is 23.1 Å². The summed E-state index contributed by atoms with van der Waals surface area (Å²) in [5, 5.41) is 11.6. The lowest BCUT2D eigenvalue weighted by molar-refractivity contribution is -0.138. The van der Waals surface area contributed by atoms with Crippen molar-refractivity contribution in [2.45, 2.75) is 45.6 Å². The first-order valence-electron chi connectivity index (χ1n) is 7.95. The van der Waals surface area contributed by atoms with Crippen molar-refractivity contribution in [1.29, 1.82) is 0 Å². The van der Waals surface area contributed by atoms with E-state index in [1.54, 1.807) is 12.1 Å². The van der Waals surface area contributed by atoms with Gasteiger partial charge in [-0.25, -0.2) is 0 Å². The van der Waals surface area contributed by atoms with Crippen molar-refractivity contribution in [3.63, 3.8) is 0 Å². The zero-order valence-electron chi connectivity index (χ0n) is 14.1. The van der Waals surface area contributed by atoms with Gasteiger partial charge in [0, 0.05) is 13.0 Å². The number of hydrogen-bond donors (Lipinski definition) is 2. The zero-order chi connectivity index (χ0) is 17.9. The highest BCUT2D eigenvalue weighted by Gasteiger charge is 2.13. The molecule has 6 nitrogen and oxygen atoms in total. The summed E-state index contributed by atoms with van der Waals surface area (Å²) in [6, 6.07) is 3.45. The zero-order valence-corrected chi connectivity index (χ0v) is 14.8.